The fourth-order valence-corrected chi connectivity index (χ4v) is 3.28. The number of anilines is 1. The molecule has 2 aromatic carbocycles. The van der Waals surface area contributed by atoms with Crippen LogP contribution in [0.3, 0.4) is 0 Å². The highest BCUT2D eigenvalue weighted by molar-refractivity contribution is 9.10. The zero-order valence-corrected chi connectivity index (χ0v) is 14.5. The van der Waals surface area contributed by atoms with Gasteiger partial charge < -0.3 is 4.74 Å². The van der Waals surface area contributed by atoms with Crippen molar-refractivity contribution >= 4 is 48.5 Å². The molecule has 0 aliphatic carbocycles. The number of hydrogen-bond donors (Lipinski definition) is 1. The Morgan fingerprint density at radius 2 is 2.17 bits per heavy atom. The van der Waals surface area contributed by atoms with Crippen LogP contribution >= 0.6 is 27.3 Å². The van der Waals surface area contributed by atoms with Crippen LogP contribution in [0.25, 0.3) is 10.2 Å². The number of halogens is 2. The maximum Gasteiger partial charge on any atom is 0.260 e. The highest BCUT2D eigenvalue weighted by Gasteiger charge is 2.14. The van der Waals surface area contributed by atoms with Gasteiger partial charge in [0.25, 0.3) is 5.91 Å². The molecular weight excluding hydrogens is 383 g/mol. The molecule has 0 unspecified atom stereocenters. The molecule has 0 radical (unpaired) electrons. The molecular formula is C16H12BrFN2O2S. The zero-order chi connectivity index (χ0) is 16.4. The van der Waals surface area contributed by atoms with E-state index in [9.17, 15) is 9.18 Å². The molecule has 1 amide bonds. The third-order valence-electron chi connectivity index (χ3n) is 3.07. The molecule has 0 fully saturated rings. The van der Waals surface area contributed by atoms with E-state index < -0.39 is 11.7 Å². The van der Waals surface area contributed by atoms with Crippen molar-refractivity contribution in [3.63, 3.8) is 0 Å². The summed E-state index contributed by atoms with van der Waals surface area (Å²) in [4.78, 5) is 16.5. The van der Waals surface area contributed by atoms with Crippen LogP contribution < -0.4 is 10.1 Å². The maximum absolute atomic E-state index is 13.8. The first-order valence-corrected chi connectivity index (χ1v) is 8.47. The Balaban J connectivity index is 1.84. The zero-order valence-electron chi connectivity index (χ0n) is 12.1. The lowest BCUT2D eigenvalue weighted by molar-refractivity contribution is 0.102. The highest BCUT2D eigenvalue weighted by atomic mass is 79.9. The Hall–Kier alpha value is -1.99. The Morgan fingerprint density at radius 1 is 1.35 bits per heavy atom. The minimum Gasteiger partial charge on any atom is -0.494 e. The van der Waals surface area contributed by atoms with Crippen molar-refractivity contribution in [3.05, 3.63) is 52.3 Å². The number of carbonyl (C=O) groups is 1. The lowest BCUT2D eigenvalue weighted by atomic mass is 10.2. The molecule has 118 valence electrons. The van der Waals surface area contributed by atoms with E-state index in [4.69, 9.17) is 4.74 Å². The average Bonchev–Trinajstić information content (AvgIpc) is 2.88. The summed E-state index contributed by atoms with van der Waals surface area (Å²) in [5.41, 5.74) is 0.729. The molecule has 4 nitrogen and oxygen atoms in total. The standard InChI is InChI=1S/C16H12BrFN2O2S/c1-2-22-10-4-6-13-14(8-10)23-16(19-13)20-15(21)11-5-3-9(17)7-12(11)18/h3-8H,2H2,1H3,(H,19,20,21). The van der Waals surface area contributed by atoms with E-state index in [-0.39, 0.29) is 5.56 Å². The second-order valence-corrected chi connectivity index (χ2v) is 6.61. The number of thiazole rings is 1. The number of amides is 1. The maximum atomic E-state index is 13.8. The van der Waals surface area contributed by atoms with Crippen molar-refractivity contribution in [1.82, 2.24) is 4.98 Å². The van der Waals surface area contributed by atoms with Gasteiger partial charge in [0.1, 0.15) is 11.6 Å². The molecule has 1 heterocycles. The van der Waals surface area contributed by atoms with Crippen LogP contribution in [0, 0.1) is 5.82 Å². The lowest BCUT2D eigenvalue weighted by Gasteiger charge is -2.03. The molecule has 0 atom stereocenters. The summed E-state index contributed by atoms with van der Waals surface area (Å²) in [7, 11) is 0. The van der Waals surface area contributed by atoms with Gasteiger partial charge in [-0.2, -0.15) is 0 Å². The molecule has 0 bridgehead atoms. The Kier molecular flexibility index (Phi) is 4.58. The monoisotopic (exact) mass is 394 g/mol. The summed E-state index contributed by atoms with van der Waals surface area (Å²) in [6.45, 7) is 2.49. The molecule has 3 rings (SSSR count). The SMILES string of the molecule is CCOc1ccc2nc(NC(=O)c3ccc(Br)cc3F)sc2c1. The van der Waals surface area contributed by atoms with Crippen LogP contribution in [0.2, 0.25) is 0 Å². The topological polar surface area (TPSA) is 51.2 Å². The summed E-state index contributed by atoms with van der Waals surface area (Å²) in [6, 6.07) is 9.81. The molecule has 1 aromatic heterocycles. The van der Waals surface area contributed by atoms with Crippen molar-refractivity contribution in [2.24, 2.45) is 0 Å². The summed E-state index contributed by atoms with van der Waals surface area (Å²) in [5.74, 6) is -0.365. The normalized spacial score (nSPS) is 10.7. The van der Waals surface area contributed by atoms with Gasteiger partial charge >= 0.3 is 0 Å². The van der Waals surface area contributed by atoms with Gasteiger partial charge in [-0.15, -0.1) is 0 Å². The largest absolute Gasteiger partial charge is 0.494 e. The molecule has 1 N–H and O–H groups in total. The Bertz CT molecular complexity index is 882. The van der Waals surface area contributed by atoms with E-state index in [1.165, 1.54) is 23.5 Å². The third kappa shape index (κ3) is 3.51. The van der Waals surface area contributed by atoms with Crippen LogP contribution in [-0.2, 0) is 0 Å². The first-order chi connectivity index (χ1) is 11.1. The molecule has 0 aliphatic rings. The second-order valence-electron chi connectivity index (χ2n) is 4.66. The number of fused-ring (bicyclic) bond motifs is 1. The smallest absolute Gasteiger partial charge is 0.260 e. The van der Waals surface area contributed by atoms with E-state index in [0.29, 0.717) is 16.2 Å². The molecule has 0 spiro atoms. The predicted molar refractivity (Wildman–Crippen MR) is 92.8 cm³/mol. The number of nitrogens with one attached hydrogen (secondary N) is 1. The summed E-state index contributed by atoms with van der Waals surface area (Å²) < 4.78 is 20.7. The fraction of sp³-hybridized carbons (Fsp3) is 0.125. The van der Waals surface area contributed by atoms with Gasteiger partial charge in [-0.3, -0.25) is 10.1 Å². The number of hydrogen-bond acceptors (Lipinski definition) is 4. The van der Waals surface area contributed by atoms with E-state index in [1.54, 1.807) is 6.07 Å². The predicted octanol–water partition coefficient (Wildman–Crippen LogP) is 4.85. The average molecular weight is 395 g/mol. The van der Waals surface area contributed by atoms with Crippen LogP contribution in [0.5, 0.6) is 5.75 Å². The van der Waals surface area contributed by atoms with Gasteiger partial charge in [-0.05, 0) is 43.3 Å². The van der Waals surface area contributed by atoms with E-state index in [1.807, 2.05) is 25.1 Å². The molecule has 23 heavy (non-hydrogen) atoms. The Morgan fingerprint density at radius 3 is 2.91 bits per heavy atom. The van der Waals surface area contributed by atoms with Crippen LogP contribution in [0.15, 0.2) is 40.9 Å². The number of rotatable bonds is 4. The van der Waals surface area contributed by atoms with Crippen molar-refractivity contribution < 1.29 is 13.9 Å². The van der Waals surface area contributed by atoms with Gasteiger partial charge in [-0.25, -0.2) is 9.37 Å². The van der Waals surface area contributed by atoms with E-state index in [2.05, 4.69) is 26.2 Å². The molecule has 7 heteroatoms. The van der Waals surface area contributed by atoms with Gasteiger partial charge in [0.15, 0.2) is 5.13 Å². The first kappa shape index (κ1) is 15.9. The number of benzene rings is 2. The number of aromatic nitrogens is 1. The van der Waals surface area contributed by atoms with Gasteiger partial charge in [0.05, 0.1) is 22.4 Å². The first-order valence-electron chi connectivity index (χ1n) is 6.86. The number of nitrogens with zero attached hydrogens (tertiary/aromatic N) is 1. The number of ether oxygens (including phenoxy) is 1. The molecule has 0 saturated carbocycles. The van der Waals surface area contributed by atoms with Gasteiger partial charge in [0, 0.05) is 4.47 Å². The second kappa shape index (κ2) is 6.64. The van der Waals surface area contributed by atoms with Crippen LogP contribution in [-0.4, -0.2) is 17.5 Å². The third-order valence-corrected chi connectivity index (χ3v) is 4.49. The van der Waals surface area contributed by atoms with Gasteiger partial charge in [0.2, 0.25) is 0 Å². The molecule has 0 aliphatic heterocycles. The van der Waals surface area contributed by atoms with Crippen molar-refractivity contribution in [3.8, 4) is 5.75 Å². The molecule has 3 aromatic rings. The summed E-state index contributed by atoms with van der Waals surface area (Å²) in [6.07, 6.45) is 0. The lowest BCUT2D eigenvalue weighted by Crippen LogP contribution is -2.13. The van der Waals surface area contributed by atoms with Crippen molar-refractivity contribution in [2.75, 3.05) is 11.9 Å². The molecule has 0 saturated heterocycles. The minimum atomic E-state index is -0.586. The van der Waals surface area contributed by atoms with Crippen LogP contribution in [0.4, 0.5) is 9.52 Å². The quantitative estimate of drug-likeness (QED) is 0.687. The fourth-order valence-electron chi connectivity index (χ4n) is 2.05. The van der Waals surface area contributed by atoms with Crippen molar-refractivity contribution in [2.45, 2.75) is 6.92 Å². The van der Waals surface area contributed by atoms with Crippen molar-refractivity contribution in [1.29, 1.82) is 0 Å². The highest BCUT2D eigenvalue weighted by Crippen LogP contribution is 2.29. The van der Waals surface area contributed by atoms with Crippen LogP contribution in [0.1, 0.15) is 17.3 Å². The minimum absolute atomic E-state index is 0.0255. The summed E-state index contributed by atoms with van der Waals surface area (Å²) >= 11 is 4.48. The van der Waals surface area contributed by atoms with E-state index >= 15 is 0 Å². The number of carbonyl (C=O) groups excluding carboxylic acids is 1. The Labute approximate surface area is 144 Å². The summed E-state index contributed by atoms with van der Waals surface area (Å²) in [5, 5.41) is 3.05. The van der Waals surface area contributed by atoms with Gasteiger partial charge in [-0.1, -0.05) is 27.3 Å². The van der Waals surface area contributed by atoms with E-state index in [0.717, 1.165) is 16.0 Å².